The number of carbonyl (C=O) groups is 1. The highest BCUT2D eigenvalue weighted by Gasteiger charge is 2.30. The van der Waals surface area contributed by atoms with Gasteiger partial charge in [0.25, 0.3) is 10.0 Å². The van der Waals surface area contributed by atoms with Gasteiger partial charge in [-0.1, -0.05) is 18.2 Å². The summed E-state index contributed by atoms with van der Waals surface area (Å²) >= 11 is 0. The Morgan fingerprint density at radius 2 is 1.55 bits per heavy atom. The molecular weight excluding hydrogens is 508 g/mol. The maximum Gasteiger partial charge on any atom is 0.265 e. The minimum absolute atomic E-state index is 0.0442. The maximum atomic E-state index is 13.5. The standard InChI is InChI=1S/C26H26N6O5S/c1-36-17-12-16(13-18(14-17)37-2)28-24-25(30-20-7-4-3-6-19(20)29-24)32-38(34,35)22-9-5-8-21(23(22)27)31-26(33)15-10-11-15/h3-9,12-15H,10-11,27H2,1-2H3,(H,28,29)(H,30,32)(H,31,33). The normalized spacial score (nSPS) is 13.1. The average molecular weight is 535 g/mol. The number of methoxy groups -OCH3 is 2. The van der Waals surface area contributed by atoms with E-state index in [1.165, 1.54) is 26.4 Å². The zero-order valence-corrected chi connectivity index (χ0v) is 21.5. The summed E-state index contributed by atoms with van der Waals surface area (Å²) in [7, 11) is -1.18. The quantitative estimate of drug-likeness (QED) is 0.232. The summed E-state index contributed by atoms with van der Waals surface area (Å²) in [4.78, 5) is 21.1. The Bertz CT molecular complexity index is 1620. The molecule has 1 heterocycles. The summed E-state index contributed by atoms with van der Waals surface area (Å²) in [6.07, 6.45) is 1.61. The van der Waals surface area contributed by atoms with Gasteiger partial charge in [0.15, 0.2) is 11.6 Å². The van der Waals surface area contributed by atoms with Gasteiger partial charge in [0.1, 0.15) is 16.4 Å². The van der Waals surface area contributed by atoms with Crippen molar-refractivity contribution in [3.05, 3.63) is 60.7 Å². The number of hydrogen-bond acceptors (Lipinski definition) is 9. The molecule has 12 heteroatoms. The van der Waals surface area contributed by atoms with Crippen LogP contribution in [0.4, 0.5) is 28.7 Å². The molecule has 38 heavy (non-hydrogen) atoms. The largest absolute Gasteiger partial charge is 0.497 e. The first-order chi connectivity index (χ1) is 18.3. The lowest BCUT2D eigenvalue weighted by Gasteiger charge is -2.16. The second kappa shape index (κ2) is 10.1. The Hall–Kier alpha value is -4.58. The number of anilines is 5. The molecular formula is C26H26N6O5S. The van der Waals surface area contributed by atoms with Crippen molar-refractivity contribution in [1.82, 2.24) is 9.97 Å². The van der Waals surface area contributed by atoms with Crippen molar-refractivity contribution >= 4 is 55.7 Å². The van der Waals surface area contributed by atoms with Gasteiger partial charge in [0.2, 0.25) is 5.91 Å². The Morgan fingerprint density at radius 3 is 2.16 bits per heavy atom. The Kier molecular flexibility index (Phi) is 6.64. The summed E-state index contributed by atoms with van der Waals surface area (Å²) in [5.41, 5.74) is 7.93. The van der Waals surface area contributed by atoms with Crippen molar-refractivity contribution in [3.8, 4) is 11.5 Å². The van der Waals surface area contributed by atoms with Crippen LogP contribution in [0, 0.1) is 5.92 Å². The molecule has 3 aromatic carbocycles. The van der Waals surface area contributed by atoms with E-state index < -0.39 is 10.0 Å². The number of benzene rings is 3. The van der Waals surface area contributed by atoms with Crippen LogP contribution >= 0.6 is 0 Å². The Morgan fingerprint density at radius 1 is 0.921 bits per heavy atom. The monoisotopic (exact) mass is 534 g/mol. The number of hydrogen-bond donors (Lipinski definition) is 4. The summed E-state index contributed by atoms with van der Waals surface area (Å²) < 4.78 is 40.2. The first kappa shape index (κ1) is 25.1. The summed E-state index contributed by atoms with van der Waals surface area (Å²) in [6.45, 7) is 0. The molecule has 1 aliphatic carbocycles. The molecule has 0 spiro atoms. The van der Waals surface area contributed by atoms with Gasteiger partial charge in [-0.3, -0.25) is 9.52 Å². The van der Waals surface area contributed by atoms with Gasteiger partial charge in [-0.05, 0) is 37.1 Å². The number of nitrogens with two attached hydrogens (primary N) is 1. The lowest BCUT2D eigenvalue weighted by atomic mass is 10.2. The number of amides is 1. The molecule has 0 radical (unpaired) electrons. The van der Waals surface area contributed by atoms with Crippen LogP contribution in [0.5, 0.6) is 11.5 Å². The van der Waals surface area contributed by atoms with Crippen LogP contribution in [-0.2, 0) is 14.8 Å². The number of fused-ring (bicyclic) bond motifs is 1. The summed E-state index contributed by atoms with van der Waals surface area (Å²) in [5, 5.41) is 5.83. The first-order valence-corrected chi connectivity index (χ1v) is 13.2. The van der Waals surface area contributed by atoms with Crippen LogP contribution in [0.3, 0.4) is 0 Å². The molecule has 0 aliphatic heterocycles. The zero-order valence-electron chi connectivity index (χ0n) is 20.7. The van der Waals surface area contributed by atoms with Crippen molar-refractivity contribution < 1.29 is 22.7 Å². The number of para-hydroxylation sites is 3. The van der Waals surface area contributed by atoms with E-state index in [9.17, 15) is 13.2 Å². The fourth-order valence-electron chi connectivity index (χ4n) is 3.82. The molecule has 11 nitrogen and oxygen atoms in total. The number of sulfonamides is 1. The predicted molar refractivity (Wildman–Crippen MR) is 145 cm³/mol. The van der Waals surface area contributed by atoms with E-state index in [0.717, 1.165) is 12.8 Å². The van der Waals surface area contributed by atoms with Gasteiger partial charge in [0.05, 0.1) is 36.6 Å². The Balaban J connectivity index is 1.53. The van der Waals surface area contributed by atoms with Gasteiger partial charge in [-0.25, -0.2) is 18.4 Å². The third kappa shape index (κ3) is 5.25. The number of aromatic nitrogens is 2. The van der Waals surface area contributed by atoms with Crippen LogP contribution in [0.25, 0.3) is 11.0 Å². The highest BCUT2D eigenvalue weighted by Crippen LogP contribution is 2.35. The lowest BCUT2D eigenvalue weighted by molar-refractivity contribution is -0.117. The van der Waals surface area contributed by atoms with Crippen LogP contribution < -0.4 is 30.6 Å². The van der Waals surface area contributed by atoms with E-state index in [-0.39, 0.29) is 39.7 Å². The number of rotatable bonds is 9. The van der Waals surface area contributed by atoms with E-state index in [1.807, 2.05) is 0 Å². The Labute approximate surface area is 219 Å². The SMILES string of the molecule is COc1cc(Nc2nc3ccccc3nc2NS(=O)(=O)c2cccc(NC(=O)C3CC3)c2N)cc(OC)c1. The smallest absolute Gasteiger partial charge is 0.265 e. The molecule has 0 atom stereocenters. The molecule has 1 amide bonds. The van der Waals surface area contributed by atoms with E-state index in [1.54, 1.807) is 48.5 Å². The number of carbonyl (C=O) groups excluding carboxylic acids is 1. The summed E-state index contributed by atoms with van der Waals surface area (Å²) in [5.74, 6) is 0.919. The molecule has 5 rings (SSSR count). The molecule has 0 bridgehead atoms. The maximum absolute atomic E-state index is 13.5. The molecule has 4 aromatic rings. The lowest BCUT2D eigenvalue weighted by Crippen LogP contribution is -2.19. The molecule has 5 N–H and O–H groups in total. The first-order valence-electron chi connectivity index (χ1n) is 11.8. The number of nitrogens with one attached hydrogen (secondary N) is 3. The molecule has 1 aliphatic rings. The average Bonchev–Trinajstić information content (AvgIpc) is 3.75. The molecule has 196 valence electrons. The van der Waals surface area contributed by atoms with Crippen molar-refractivity contribution in [2.75, 3.05) is 35.3 Å². The van der Waals surface area contributed by atoms with E-state index in [2.05, 4.69) is 25.3 Å². The molecule has 1 fully saturated rings. The highest BCUT2D eigenvalue weighted by molar-refractivity contribution is 7.92. The van der Waals surface area contributed by atoms with Gasteiger partial charge < -0.3 is 25.8 Å². The zero-order chi connectivity index (χ0) is 26.9. The van der Waals surface area contributed by atoms with Crippen LogP contribution in [-0.4, -0.2) is 38.5 Å². The molecule has 1 aromatic heterocycles. The number of nitrogen functional groups attached to an aromatic ring is 1. The third-order valence-electron chi connectivity index (χ3n) is 5.98. The second-order valence-electron chi connectivity index (χ2n) is 8.72. The van der Waals surface area contributed by atoms with Crippen LogP contribution in [0.1, 0.15) is 12.8 Å². The second-order valence-corrected chi connectivity index (χ2v) is 10.4. The number of nitrogens with zero attached hydrogens (tertiary/aromatic N) is 2. The molecule has 0 unspecified atom stereocenters. The van der Waals surface area contributed by atoms with Crippen molar-refractivity contribution in [3.63, 3.8) is 0 Å². The third-order valence-corrected chi connectivity index (χ3v) is 7.37. The fourth-order valence-corrected chi connectivity index (χ4v) is 4.99. The minimum atomic E-state index is -4.23. The topological polar surface area (TPSA) is 158 Å². The van der Waals surface area contributed by atoms with Crippen LogP contribution in [0.2, 0.25) is 0 Å². The predicted octanol–water partition coefficient (Wildman–Crippen LogP) is 4.12. The van der Waals surface area contributed by atoms with Crippen molar-refractivity contribution in [2.24, 2.45) is 5.92 Å². The van der Waals surface area contributed by atoms with Gasteiger partial charge in [-0.15, -0.1) is 0 Å². The number of ether oxygens (including phenoxy) is 2. The van der Waals surface area contributed by atoms with Gasteiger partial charge in [-0.2, -0.15) is 0 Å². The highest BCUT2D eigenvalue weighted by atomic mass is 32.2. The van der Waals surface area contributed by atoms with E-state index in [4.69, 9.17) is 15.2 Å². The van der Waals surface area contributed by atoms with E-state index in [0.29, 0.717) is 28.2 Å². The van der Waals surface area contributed by atoms with E-state index >= 15 is 0 Å². The van der Waals surface area contributed by atoms with Crippen molar-refractivity contribution in [1.29, 1.82) is 0 Å². The summed E-state index contributed by atoms with van der Waals surface area (Å²) in [6, 6.07) is 16.6. The molecule has 1 saturated carbocycles. The van der Waals surface area contributed by atoms with Crippen LogP contribution in [0.15, 0.2) is 65.6 Å². The van der Waals surface area contributed by atoms with Crippen molar-refractivity contribution in [2.45, 2.75) is 17.7 Å². The minimum Gasteiger partial charge on any atom is -0.497 e. The molecule has 0 saturated heterocycles. The fraction of sp³-hybridized carbons (Fsp3) is 0.192. The van der Waals surface area contributed by atoms with Gasteiger partial charge >= 0.3 is 0 Å². The van der Waals surface area contributed by atoms with Gasteiger partial charge in [0, 0.05) is 29.8 Å².